The van der Waals surface area contributed by atoms with E-state index in [1.54, 1.807) is 6.08 Å². The first-order valence-corrected chi connectivity index (χ1v) is 37.4. The van der Waals surface area contributed by atoms with Gasteiger partial charge < -0.3 is 40.3 Å². The molecule has 0 spiro atoms. The Morgan fingerprint density at radius 3 is 0.988 bits per heavy atom. The molecule has 1 aliphatic heterocycles. The van der Waals surface area contributed by atoms with Crippen molar-refractivity contribution in [1.82, 2.24) is 5.32 Å². The number of amides is 1. The number of rotatable bonds is 66. The van der Waals surface area contributed by atoms with Crippen molar-refractivity contribution in [3.05, 3.63) is 48.6 Å². The highest BCUT2D eigenvalue weighted by molar-refractivity contribution is 5.76. The van der Waals surface area contributed by atoms with E-state index < -0.39 is 49.5 Å². The van der Waals surface area contributed by atoms with Crippen LogP contribution < -0.4 is 5.32 Å². The minimum absolute atomic E-state index is 0.184. The van der Waals surface area contributed by atoms with Gasteiger partial charge in [-0.2, -0.15) is 0 Å². The third kappa shape index (κ3) is 53.7. The molecule has 0 aromatic rings. The molecule has 7 atom stereocenters. The number of allylic oxidation sites excluding steroid dienone is 7. The smallest absolute Gasteiger partial charge is 0.220 e. The summed E-state index contributed by atoms with van der Waals surface area (Å²) in [5.74, 6) is -0.184. The van der Waals surface area contributed by atoms with Crippen molar-refractivity contribution in [2.75, 3.05) is 13.2 Å². The summed E-state index contributed by atoms with van der Waals surface area (Å²) in [4.78, 5) is 13.1. The van der Waals surface area contributed by atoms with Gasteiger partial charge in [-0.1, -0.05) is 345 Å². The molecule has 9 nitrogen and oxygen atoms in total. The Bertz CT molecular complexity index is 1480. The van der Waals surface area contributed by atoms with E-state index in [-0.39, 0.29) is 12.5 Å². The van der Waals surface area contributed by atoms with Crippen molar-refractivity contribution in [2.45, 2.75) is 416 Å². The van der Waals surface area contributed by atoms with Gasteiger partial charge in [0.1, 0.15) is 24.4 Å². The molecule has 0 bridgehead atoms. The summed E-state index contributed by atoms with van der Waals surface area (Å²) in [6.45, 7) is 3.81. The maximum atomic E-state index is 13.1. The fourth-order valence-corrected chi connectivity index (χ4v) is 12.0. The van der Waals surface area contributed by atoms with Crippen LogP contribution in [0, 0.1) is 0 Å². The van der Waals surface area contributed by atoms with Crippen molar-refractivity contribution in [3.8, 4) is 0 Å². The molecule has 85 heavy (non-hydrogen) atoms. The molecule has 1 amide bonds. The molecule has 9 heteroatoms. The van der Waals surface area contributed by atoms with E-state index in [1.807, 2.05) is 6.08 Å². The summed E-state index contributed by atoms with van der Waals surface area (Å²) >= 11 is 0. The number of hydrogen-bond donors (Lipinski definition) is 6. The van der Waals surface area contributed by atoms with Crippen molar-refractivity contribution in [1.29, 1.82) is 0 Å². The molecule has 1 rings (SSSR count). The molecule has 1 aliphatic rings. The monoisotopic (exact) mass is 1200 g/mol. The van der Waals surface area contributed by atoms with Crippen LogP contribution in [0.1, 0.15) is 373 Å². The summed E-state index contributed by atoms with van der Waals surface area (Å²) in [6, 6.07) is -0.829. The van der Waals surface area contributed by atoms with Gasteiger partial charge in [0.05, 0.1) is 25.4 Å². The van der Waals surface area contributed by atoms with Crippen molar-refractivity contribution >= 4 is 5.91 Å². The fourth-order valence-electron chi connectivity index (χ4n) is 12.0. The molecule has 1 heterocycles. The second kappa shape index (κ2) is 65.1. The van der Waals surface area contributed by atoms with Gasteiger partial charge in [0, 0.05) is 6.42 Å². The first kappa shape index (κ1) is 81.2. The van der Waals surface area contributed by atoms with Crippen LogP contribution in [0.25, 0.3) is 0 Å². The Kier molecular flexibility index (Phi) is 62.2. The van der Waals surface area contributed by atoms with Gasteiger partial charge in [0.25, 0.3) is 0 Å². The number of carbonyl (C=O) groups excluding carboxylic acids is 1. The number of aliphatic hydroxyl groups is 5. The SMILES string of the molecule is CCCCCCCCCC/C=C\CCCCCCCCCCCCCCCCCCCCCCCCCC(=O)NC(COC1OC(CO)C(O)C(O)C1O)C(O)/C=C/CC/C=C/CC/C=C/CCCCCCCCCCCCCCCCCCC. The molecule has 0 aromatic carbocycles. The molecule has 0 aromatic heterocycles. The van der Waals surface area contributed by atoms with Crippen LogP contribution in [0.2, 0.25) is 0 Å². The highest BCUT2D eigenvalue weighted by Gasteiger charge is 2.44. The second-order valence-electron chi connectivity index (χ2n) is 26.1. The highest BCUT2D eigenvalue weighted by Crippen LogP contribution is 2.24. The standard InChI is InChI=1S/C76H143NO8/c1-3-5-7-9-11-13-15-17-19-21-23-25-27-29-31-32-33-34-35-36-37-38-40-42-44-46-48-50-52-54-56-58-60-62-64-66-72(80)77-69(68-84-76-75(83)74(82)73(81)71(67-78)85-76)70(79)65-63-61-59-57-55-53-51-49-47-45-43-41-39-30-28-26-24-22-20-18-16-14-12-10-8-6-4-2/h21,23,47,49,55,57,63,65,69-71,73-76,78-79,81-83H,3-20,22,24-46,48,50-54,56,58-62,64,66-68H2,1-2H3,(H,77,80)/b23-21-,49-47+,57-55+,65-63+. The van der Waals surface area contributed by atoms with Gasteiger partial charge in [-0.15, -0.1) is 0 Å². The molecule has 1 saturated heterocycles. The van der Waals surface area contributed by atoms with Crippen LogP contribution >= 0.6 is 0 Å². The van der Waals surface area contributed by atoms with Crippen molar-refractivity contribution < 1.29 is 39.8 Å². The highest BCUT2D eigenvalue weighted by atomic mass is 16.7. The minimum Gasteiger partial charge on any atom is -0.394 e. The third-order valence-electron chi connectivity index (χ3n) is 17.9. The van der Waals surface area contributed by atoms with Crippen LogP contribution in [0.5, 0.6) is 0 Å². The largest absolute Gasteiger partial charge is 0.394 e. The topological polar surface area (TPSA) is 149 Å². The molecule has 0 aliphatic carbocycles. The third-order valence-corrected chi connectivity index (χ3v) is 17.9. The number of carbonyl (C=O) groups is 1. The quantitative estimate of drug-likeness (QED) is 0.0261. The zero-order valence-corrected chi connectivity index (χ0v) is 56.1. The van der Waals surface area contributed by atoms with E-state index >= 15 is 0 Å². The Hall–Kier alpha value is -1.85. The van der Waals surface area contributed by atoms with E-state index in [0.29, 0.717) is 6.42 Å². The van der Waals surface area contributed by atoms with Gasteiger partial charge in [-0.05, 0) is 70.6 Å². The molecule has 0 saturated carbocycles. The molecule has 7 unspecified atom stereocenters. The van der Waals surface area contributed by atoms with Crippen molar-refractivity contribution in [3.63, 3.8) is 0 Å². The van der Waals surface area contributed by atoms with Gasteiger partial charge >= 0.3 is 0 Å². The Labute approximate surface area is 526 Å². The van der Waals surface area contributed by atoms with E-state index in [1.165, 1.54) is 308 Å². The lowest BCUT2D eigenvalue weighted by Gasteiger charge is -2.40. The van der Waals surface area contributed by atoms with Gasteiger partial charge in [-0.3, -0.25) is 4.79 Å². The van der Waals surface area contributed by atoms with Gasteiger partial charge in [0.15, 0.2) is 6.29 Å². The molecular weight excluding hydrogens is 1050 g/mol. The maximum absolute atomic E-state index is 13.1. The molecule has 500 valence electrons. The lowest BCUT2D eigenvalue weighted by molar-refractivity contribution is -0.302. The second-order valence-corrected chi connectivity index (χ2v) is 26.1. The number of ether oxygens (including phenoxy) is 2. The zero-order chi connectivity index (χ0) is 61.4. The summed E-state index contributed by atoms with van der Waals surface area (Å²) in [6.07, 6.45) is 82.5. The predicted molar refractivity (Wildman–Crippen MR) is 364 cm³/mol. The predicted octanol–water partition coefficient (Wildman–Crippen LogP) is 20.8. The normalized spacial score (nSPS) is 18.3. The number of aliphatic hydroxyl groups excluding tert-OH is 5. The first-order valence-electron chi connectivity index (χ1n) is 37.4. The van der Waals surface area contributed by atoms with Crippen LogP contribution in [0.15, 0.2) is 48.6 Å². The summed E-state index contributed by atoms with van der Waals surface area (Å²) in [5.41, 5.74) is 0. The van der Waals surface area contributed by atoms with Crippen LogP contribution in [0.3, 0.4) is 0 Å². The Morgan fingerprint density at radius 2 is 0.671 bits per heavy atom. The first-order chi connectivity index (χ1) is 41.8. The summed E-state index contributed by atoms with van der Waals surface area (Å²) in [7, 11) is 0. The molecule has 6 N–H and O–H groups in total. The van der Waals surface area contributed by atoms with Crippen LogP contribution in [0.4, 0.5) is 0 Å². The maximum Gasteiger partial charge on any atom is 0.220 e. The fraction of sp³-hybridized carbons (Fsp3) is 0.882. The average molecular weight is 1200 g/mol. The lowest BCUT2D eigenvalue weighted by Crippen LogP contribution is -2.60. The Morgan fingerprint density at radius 1 is 0.388 bits per heavy atom. The average Bonchev–Trinajstić information content (AvgIpc) is 3.71. The molecule has 1 fully saturated rings. The minimum atomic E-state index is -1.58. The summed E-state index contributed by atoms with van der Waals surface area (Å²) in [5, 5.41) is 54.8. The van der Waals surface area contributed by atoms with Gasteiger partial charge in [0.2, 0.25) is 5.91 Å². The van der Waals surface area contributed by atoms with Crippen LogP contribution in [-0.2, 0) is 14.3 Å². The van der Waals surface area contributed by atoms with Gasteiger partial charge in [-0.25, -0.2) is 0 Å². The number of hydrogen-bond acceptors (Lipinski definition) is 8. The van der Waals surface area contributed by atoms with E-state index in [0.717, 1.165) is 44.9 Å². The number of nitrogens with one attached hydrogen (secondary N) is 1. The van der Waals surface area contributed by atoms with E-state index in [9.17, 15) is 30.3 Å². The zero-order valence-electron chi connectivity index (χ0n) is 56.1. The van der Waals surface area contributed by atoms with Crippen LogP contribution in [-0.4, -0.2) is 87.5 Å². The van der Waals surface area contributed by atoms with Crippen molar-refractivity contribution in [2.24, 2.45) is 0 Å². The summed E-state index contributed by atoms with van der Waals surface area (Å²) < 4.78 is 11.3. The lowest BCUT2D eigenvalue weighted by atomic mass is 9.99. The Balaban J connectivity index is 2.11. The number of unbranched alkanes of at least 4 members (excludes halogenated alkanes) is 50. The molecular formula is C76H143NO8. The molecule has 0 radical (unpaired) electrons. The van der Waals surface area contributed by atoms with E-state index in [4.69, 9.17) is 9.47 Å². The van der Waals surface area contributed by atoms with E-state index in [2.05, 4.69) is 55.6 Å².